The van der Waals surface area contributed by atoms with Crippen LogP contribution in [0.4, 0.5) is 5.82 Å². The topological polar surface area (TPSA) is 124 Å². The minimum absolute atomic E-state index is 0.291. The number of H-pyrrole nitrogens is 1. The first-order valence-corrected chi connectivity index (χ1v) is 9.08. The Kier molecular flexibility index (Phi) is 4.67. The molecule has 4 aromatic rings. The van der Waals surface area contributed by atoms with Crippen LogP contribution in [0.15, 0.2) is 64.2 Å². The number of nitrogens with zero attached hydrogens (tertiary/aromatic N) is 1. The molecule has 0 spiro atoms. The third kappa shape index (κ3) is 3.14. The maximum atomic E-state index is 13.0. The van der Waals surface area contributed by atoms with Gasteiger partial charge < -0.3 is 10.5 Å². The van der Waals surface area contributed by atoms with Crippen LogP contribution in [0, 0.1) is 0 Å². The van der Waals surface area contributed by atoms with Gasteiger partial charge in [0.05, 0.1) is 5.56 Å². The van der Waals surface area contributed by atoms with Crippen molar-refractivity contribution in [2.24, 2.45) is 7.05 Å². The minimum atomic E-state index is -0.924. The van der Waals surface area contributed by atoms with Crippen LogP contribution in [0.1, 0.15) is 20.7 Å². The number of esters is 1. The van der Waals surface area contributed by atoms with Crippen LogP contribution in [-0.4, -0.2) is 27.9 Å². The second-order valence-corrected chi connectivity index (χ2v) is 6.77. The van der Waals surface area contributed by atoms with E-state index in [2.05, 4.69) is 0 Å². The molecule has 30 heavy (non-hydrogen) atoms. The molecule has 1 heterocycles. The van der Waals surface area contributed by atoms with E-state index in [0.717, 1.165) is 15.3 Å². The predicted molar refractivity (Wildman–Crippen MR) is 113 cm³/mol. The van der Waals surface area contributed by atoms with E-state index in [9.17, 15) is 19.2 Å². The van der Waals surface area contributed by atoms with E-state index in [-0.39, 0.29) is 5.82 Å². The zero-order valence-electron chi connectivity index (χ0n) is 16.0. The van der Waals surface area contributed by atoms with Crippen LogP contribution in [0.2, 0.25) is 0 Å². The van der Waals surface area contributed by atoms with E-state index in [1.807, 2.05) is 47.4 Å². The fraction of sp³-hybridized carbons (Fsp3) is 0.0909. The highest BCUT2D eigenvalue weighted by molar-refractivity contribution is 6.17. The van der Waals surface area contributed by atoms with E-state index >= 15 is 0 Å². The predicted octanol–water partition coefficient (Wildman–Crippen LogP) is 2.00. The van der Waals surface area contributed by atoms with Crippen molar-refractivity contribution in [1.82, 2.24) is 9.55 Å². The quantitative estimate of drug-likeness (QED) is 0.305. The highest BCUT2D eigenvalue weighted by Crippen LogP contribution is 2.29. The van der Waals surface area contributed by atoms with Gasteiger partial charge in [0.25, 0.3) is 5.56 Å². The van der Waals surface area contributed by atoms with Gasteiger partial charge in [-0.3, -0.25) is 19.1 Å². The Labute approximate surface area is 169 Å². The molecule has 0 unspecified atom stereocenters. The van der Waals surface area contributed by atoms with E-state index in [1.165, 1.54) is 7.05 Å². The number of Topliss-reactive ketones (excluding diaryl/α,β-unsaturated/α-hetero) is 1. The number of ether oxygens (including phenoxy) is 1. The van der Waals surface area contributed by atoms with Crippen LogP contribution < -0.4 is 17.0 Å². The standard InChI is InChI=1S/C22H17N3O5/c1-25-19(23)18(20(27)24-22(25)29)16(26)11-30-21(28)17-14-8-4-2-6-12(14)10-13-7-3-5-9-15(13)17/h2-10H,11,23H2,1H3,(H,24,27,29). The highest BCUT2D eigenvalue weighted by Gasteiger charge is 2.22. The summed E-state index contributed by atoms with van der Waals surface area (Å²) in [5.41, 5.74) is 3.98. The van der Waals surface area contributed by atoms with Crippen molar-refractivity contribution >= 4 is 39.1 Å². The SMILES string of the molecule is Cn1c(N)c(C(=O)COC(=O)c2c3ccccc3cc3ccccc23)c(=O)[nH]c1=O. The number of hydrogen-bond donors (Lipinski definition) is 2. The number of rotatable bonds is 4. The Balaban J connectivity index is 1.71. The van der Waals surface area contributed by atoms with E-state index in [4.69, 9.17) is 10.5 Å². The Bertz CT molecular complexity index is 1400. The number of nitrogen functional groups attached to an aromatic ring is 1. The second kappa shape index (κ2) is 7.32. The van der Waals surface area contributed by atoms with Gasteiger partial charge in [-0.15, -0.1) is 0 Å². The Hall–Kier alpha value is -4.20. The van der Waals surface area contributed by atoms with Gasteiger partial charge in [-0.05, 0) is 27.6 Å². The molecular weight excluding hydrogens is 386 g/mol. The lowest BCUT2D eigenvalue weighted by atomic mass is 9.97. The van der Waals surface area contributed by atoms with Crippen LogP contribution in [0.3, 0.4) is 0 Å². The molecule has 0 saturated carbocycles. The van der Waals surface area contributed by atoms with Gasteiger partial charge in [0, 0.05) is 7.05 Å². The van der Waals surface area contributed by atoms with Gasteiger partial charge in [-0.2, -0.15) is 0 Å². The molecule has 0 aliphatic carbocycles. The van der Waals surface area contributed by atoms with Crippen molar-refractivity contribution in [3.63, 3.8) is 0 Å². The van der Waals surface area contributed by atoms with Crippen molar-refractivity contribution in [3.8, 4) is 0 Å². The number of benzene rings is 3. The monoisotopic (exact) mass is 403 g/mol. The molecule has 150 valence electrons. The number of aromatic amines is 1. The summed E-state index contributed by atoms with van der Waals surface area (Å²) in [6.07, 6.45) is 0. The first-order chi connectivity index (χ1) is 14.4. The van der Waals surface area contributed by atoms with Gasteiger partial charge in [0.2, 0.25) is 5.78 Å². The first-order valence-electron chi connectivity index (χ1n) is 9.08. The summed E-state index contributed by atoms with van der Waals surface area (Å²) in [5, 5.41) is 3.09. The van der Waals surface area contributed by atoms with Gasteiger partial charge in [0.15, 0.2) is 6.61 Å². The first kappa shape index (κ1) is 19.1. The number of hydrogen-bond acceptors (Lipinski definition) is 6. The lowest BCUT2D eigenvalue weighted by Crippen LogP contribution is -2.35. The summed E-state index contributed by atoms with van der Waals surface area (Å²) < 4.78 is 6.20. The van der Waals surface area contributed by atoms with Gasteiger partial charge >= 0.3 is 11.7 Å². The zero-order chi connectivity index (χ0) is 21.4. The largest absolute Gasteiger partial charge is 0.454 e. The molecule has 0 aliphatic heterocycles. The molecule has 8 nitrogen and oxygen atoms in total. The summed E-state index contributed by atoms with van der Waals surface area (Å²) in [7, 11) is 1.32. The molecule has 0 aliphatic rings. The van der Waals surface area contributed by atoms with E-state index < -0.39 is 35.2 Å². The van der Waals surface area contributed by atoms with Crippen molar-refractivity contribution in [3.05, 3.63) is 86.6 Å². The van der Waals surface area contributed by atoms with Gasteiger partial charge in [-0.25, -0.2) is 9.59 Å². The molecule has 3 N–H and O–H groups in total. The number of nitrogens with one attached hydrogen (secondary N) is 1. The molecule has 0 fully saturated rings. The Morgan fingerprint density at radius 3 is 2.13 bits per heavy atom. The molecule has 8 heteroatoms. The number of carbonyl (C=O) groups is 2. The zero-order valence-corrected chi connectivity index (χ0v) is 16.0. The van der Waals surface area contributed by atoms with Gasteiger partial charge in [-0.1, -0.05) is 48.5 Å². The van der Waals surface area contributed by atoms with E-state index in [1.54, 1.807) is 12.1 Å². The number of aromatic nitrogens is 2. The minimum Gasteiger partial charge on any atom is -0.454 e. The number of anilines is 1. The third-order valence-electron chi connectivity index (χ3n) is 4.96. The van der Waals surface area contributed by atoms with Crippen LogP contribution in [0.25, 0.3) is 21.5 Å². The van der Waals surface area contributed by atoms with Crippen molar-refractivity contribution in [2.75, 3.05) is 12.3 Å². The lowest BCUT2D eigenvalue weighted by molar-refractivity contribution is 0.0478. The molecule has 0 saturated heterocycles. The number of carbonyl (C=O) groups excluding carboxylic acids is 2. The van der Waals surface area contributed by atoms with Crippen LogP contribution in [-0.2, 0) is 11.8 Å². The lowest BCUT2D eigenvalue weighted by Gasteiger charge is -2.12. The van der Waals surface area contributed by atoms with Crippen LogP contribution in [0.5, 0.6) is 0 Å². The average molecular weight is 403 g/mol. The Morgan fingerprint density at radius 2 is 1.53 bits per heavy atom. The summed E-state index contributed by atoms with van der Waals surface area (Å²) >= 11 is 0. The summed E-state index contributed by atoms with van der Waals surface area (Å²) in [6, 6.07) is 16.7. The number of fused-ring (bicyclic) bond motifs is 2. The third-order valence-corrected chi connectivity index (χ3v) is 4.96. The molecule has 0 amide bonds. The van der Waals surface area contributed by atoms with Gasteiger partial charge in [0.1, 0.15) is 11.4 Å². The molecule has 4 rings (SSSR count). The summed E-state index contributed by atoms with van der Waals surface area (Å²) in [4.78, 5) is 51.1. The fourth-order valence-electron chi connectivity index (χ4n) is 3.42. The number of ketones is 1. The highest BCUT2D eigenvalue weighted by atomic mass is 16.5. The van der Waals surface area contributed by atoms with Crippen LogP contribution >= 0.6 is 0 Å². The maximum Gasteiger partial charge on any atom is 0.339 e. The summed E-state index contributed by atoms with van der Waals surface area (Å²) in [5.74, 6) is -1.79. The molecule has 3 aromatic carbocycles. The molecule has 0 atom stereocenters. The van der Waals surface area contributed by atoms with E-state index in [0.29, 0.717) is 16.3 Å². The normalized spacial score (nSPS) is 11.0. The molecule has 1 aromatic heterocycles. The average Bonchev–Trinajstić information content (AvgIpc) is 2.74. The molecule has 0 bridgehead atoms. The molecule has 0 radical (unpaired) electrons. The summed E-state index contributed by atoms with van der Waals surface area (Å²) in [6.45, 7) is -0.693. The second-order valence-electron chi connectivity index (χ2n) is 6.77. The smallest absolute Gasteiger partial charge is 0.339 e. The van der Waals surface area contributed by atoms with Crippen molar-refractivity contribution in [2.45, 2.75) is 0 Å². The number of nitrogens with two attached hydrogens (primary N) is 1. The molecular formula is C22H17N3O5. The van der Waals surface area contributed by atoms with Crippen molar-refractivity contribution in [1.29, 1.82) is 0 Å². The fourth-order valence-corrected chi connectivity index (χ4v) is 3.42. The Morgan fingerprint density at radius 1 is 0.967 bits per heavy atom. The van der Waals surface area contributed by atoms with Crippen molar-refractivity contribution < 1.29 is 14.3 Å². The maximum absolute atomic E-state index is 13.0.